The molecule has 94 valence electrons. The quantitative estimate of drug-likeness (QED) is 0.882. The molecule has 2 N–H and O–H groups in total. The van der Waals surface area contributed by atoms with Crippen molar-refractivity contribution < 1.29 is 9.13 Å². The second kappa shape index (κ2) is 5.21. The fourth-order valence-electron chi connectivity index (χ4n) is 2.07. The molecule has 0 saturated carbocycles. The molecular weight excluding hydrogens is 243 g/mol. The smallest absolute Gasteiger partial charge is 0.141 e. The Morgan fingerprint density at radius 3 is 2.94 bits per heavy atom. The highest BCUT2D eigenvalue weighted by atomic mass is 35.5. The Morgan fingerprint density at radius 1 is 1.53 bits per heavy atom. The van der Waals surface area contributed by atoms with Crippen molar-refractivity contribution in [3.05, 3.63) is 29.0 Å². The Labute approximate surface area is 105 Å². The maximum Gasteiger partial charge on any atom is 0.141 e. The van der Waals surface area contributed by atoms with Crippen LogP contribution in [0.25, 0.3) is 0 Å². The maximum atomic E-state index is 13.1. The van der Waals surface area contributed by atoms with Gasteiger partial charge in [0.15, 0.2) is 0 Å². The van der Waals surface area contributed by atoms with Gasteiger partial charge in [0.2, 0.25) is 0 Å². The minimum atomic E-state index is -0.396. The second-order valence-electron chi connectivity index (χ2n) is 4.31. The van der Waals surface area contributed by atoms with Crippen molar-refractivity contribution in [1.29, 1.82) is 0 Å². The first-order valence-electron chi connectivity index (χ1n) is 5.65. The SMILES string of the molecule is CC1CN(c2ccc(F)c(Cl)c2)CC(CN)O1. The number of nitrogens with two attached hydrogens (primary N) is 1. The van der Waals surface area contributed by atoms with Crippen molar-refractivity contribution >= 4 is 17.3 Å². The van der Waals surface area contributed by atoms with Gasteiger partial charge >= 0.3 is 0 Å². The number of ether oxygens (including phenoxy) is 1. The normalized spacial score (nSPS) is 25.1. The summed E-state index contributed by atoms with van der Waals surface area (Å²) in [6, 6.07) is 4.75. The molecule has 0 aromatic heterocycles. The monoisotopic (exact) mass is 258 g/mol. The van der Waals surface area contributed by atoms with Crippen LogP contribution in [0.1, 0.15) is 6.92 Å². The van der Waals surface area contributed by atoms with Crippen molar-refractivity contribution in [1.82, 2.24) is 0 Å². The maximum absolute atomic E-state index is 13.1. The molecule has 0 radical (unpaired) electrons. The van der Waals surface area contributed by atoms with Crippen LogP contribution >= 0.6 is 11.6 Å². The Balaban J connectivity index is 2.17. The van der Waals surface area contributed by atoms with Crippen LogP contribution in [0.2, 0.25) is 5.02 Å². The van der Waals surface area contributed by atoms with Gasteiger partial charge in [-0.05, 0) is 25.1 Å². The van der Waals surface area contributed by atoms with E-state index in [-0.39, 0.29) is 17.2 Å². The molecule has 0 bridgehead atoms. The molecule has 1 aromatic carbocycles. The number of morpholine rings is 1. The summed E-state index contributed by atoms with van der Waals surface area (Å²) in [7, 11) is 0. The third-order valence-corrected chi connectivity index (χ3v) is 3.15. The summed E-state index contributed by atoms with van der Waals surface area (Å²) >= 11 is 5.78. The summed E-state index contributed by atoms with van der Waals surface area (Å²) in [5.74, 6) is -0.396. The van der Waals surface area contributed by atoms with E-state index in [9.17, 15) is 4.39 Å². The standard InChI is InChI=1S/C12H16ClFN2O/c1-8-6-16(7-10(5-15)17-8)9-2-3-12(14)11(13)4-9/h2-4,8,10H,5-7,15H2,1H3. The minimum Gasteiger partial charge on any atom is -0.370 e. The highest BCUT2D eigenvalue weighted by Gasteiger charge is 2.24. The topological polar surface area (TPSA) is 38.5 Å². The highest BCUT2D eigenvalue weighted by Crippen LogP contribution is 2.25. The molecule has 1 aliphatic rings. The Morgan fingerprint density at radius 2 is 2.29 bits per heavy atom. The van der Waals surface area contributed by atoms with Crippen molar-refractivity contribution in [2.45, 2.75) is 19.1 Å². The zero-order valence-electron chi connectivity index (χ0n) is 9.70. The van der Waals surface area contributed by atoms with Gasteiger partial charge < -0.3 is 15.4 Å². The summed E-state index contributed by atoms with van der Waals surface area (Å²) in [5, 5.41) is 0.144. The van der Waals surface area contributed by atoms with E-state index >= 15 is 0 Å². The number of rotatable bonds is 2. The van der Waals surface area contributed by atoms with Gasteiger partial charge in [0.05, 0.1) is 17.2 Å². The number of hydrogen-bond acceptors (Lipinski definition) is 3. The molecule has 17 heavy (non-hydrogen) atoms. The van der Waals surface area contributed by atoms with Gasteiger partial charge in [0.1, 0.15) is 5.82 Å². The minimum absolute atomic E-state index is 0.0163. The molecule has 1 aliphatic heterocycles. The molecular formula is C12H16ClFN2O. The van der Waals surface area contributed by atoms with Crippen molar-refractivity contribution in [3.63, 3.8) is 0 Å². The first-order chi connectivity index (χ1) is 8.10. The number of halogens is 2. The fourth-order valence-corrected chi connectivity index (χ4v) is 2.24. The molecule has 0 spiro atoms. The van der Waals surface area contributed by atoms with E-state index < -0.39 is 5.82 Å². The van der Waals surface area contributed by atoms with Crippen LogP contribution < -0.4 is 10.6 Å². The molecule has 1 aromatic rings. The molecule has 1 heterocycles. The van der Waals surface area contributed by atoms with Gasteiger partial charge in [0.25, 0.3) is 0 Å². The Kier molecular flexibility index (Phi) is 3.86. The third-order valence-electron chi connectivity index (χ3n) is 2.86. The summed E-state index contributed by atoms with van der Waals surface area (Å²) in [6.45, 7) is 3.96. The summed E-state index contributed by atoms with van der Waals surface area (Å²) in [5.41, 5.74) is 6.53. The van der Waals surface area contributed by atoms with E-state index in [1.54, 1.807) is 12.1 Å². The fraction of sp³-hybridized carbons (Fsp3) is 0.500. The largest absolute Gasteiger partial charge is 0.370 e. The zero-order valence-corrected chi connectivity index (χ0v) is 10.5. The number of anilines is 1. The lowest BCUT2D eigenvalue weighted by Crippen LogP contribution is -2.49. The van der Waals surface area contributed by atoms with Gasteiger partial charge in [-0.2, -0.15) is 0 Å². The van der Waals surface area contributed by atoms with E-state index in [0.717, 1.165) is 12.2 Å². The van der Waals surface area contributed by atoms with Crippen LogP contribution in [0.4, 0.5) is 10.1 Å². The Hall–Kier alpha value is -0.840. The summed E-state index contributed by atoms with van der Waals surface area (Å²) in [6.07, 6.45) is 0.128. The lowest BCUT2D eigenvalue weighted by molar-refractivity contribution is -0.0104. The number of hydrogen-bond donors (Lipinski definition) is 1. The van der Waals surface area contributed by atoms with E-state index in [2.05, 4.69) is 4.90 Å². The van der Waals surface area contributed by atoms with Gasteiger partial charge in [-0.15, -0.1) is 0 Å². The van der Waals surface area contributed by atoms with Crippen molar-refractivity contribution in [3.8, 4) is 0 Å². The van der Waals surface area contributed by atoms with Gasteiger partial charge in [-0.3, -0.25) is 0 Å². The average Bonchev–Trinajstić information content (AvgIpc) is 2.32. The summed E-state index contributed by atoms with van der Waals surface area (Å²) < 4.78 is 18.8. The molecule has 0 aliphatic carbocycles. The molecule has 2 atom stereocenters. The molecule has 1 saturated heterocycles. The molecule has 0 amide bonds. The first-order valence-corrected chi connectivity index (χ1v) is 6.03. The lowest BCUT2D eigenvalue weighted by Gasteiger charge is -2.37. The van der Waals surface area contributed by atoms with Crippen molar-refractivity contribution in [2.24, 2.45) is 5.73 Å². The predicted molar refractivity (Wildman–Crippen MR) is 67.0 cm³/mol. The van der Waals surface area contributed by atoms with Crippen molar-refractivity contribution in [2.75, 3.05) is 24.5 Å². The lowest BCUT2D eigenvalue weighted by atomic mass is 10.2. The highest BCUT2D eigenvalue weighted by molar-refractivity contribution is 6.31. The molecule has 3 nitrogen and oxygen atoms in total. The van der Waals surface area contributed by atoms with Crippen LogP contribution in [0, 0.1) is 5.82 Å². The second-order valence-corrected chi connectivity index (χ2v) is 4.72. The number of nitrogens with zero attached hydrogens (tertiary/aromatic N) is 1. The van der Waals surface area contributed by atoms with Crippen LogP contribution in [0.3, 0.4) is 0 Å². The van der Waals surface area contributed by atoms with E-state index in [1.165, 1.54) is 6.07 Å². The zero-order chi connectivity index (χ0) is 12.4. The van der Waals surface area contributed by atoms with Gasteiger partial charge in [-0.1, -0.05) is 11.6 Å². The molecule has 2 rings (SSSR count). The summed E-state index contributed by atoms with van der Waals surface area (Å²) in [4.78, 5) is 2.12. The van der Waals surface area contributed by atoms with E-state index in [4.69, 9.17) is 22.1 Å². The molecule has 2 unspecified atom stereocenters. The molecule has 5 heteroatoms. The molecule has 1 fully saturated rings. The van der Waals surface area contributed by atoms with E-state index in [0.29, 0.717) is 13.1 Å². The average molecular weight is 259 g/mol. The van der Waals surface area contributed by atoms with Crippen LogP contribution in [-0.4, -0.2) is 31.8 Å². The van der Waals surface area contributed by atoms with Crippen LogP contribution in [0.5, 0.6) is 0 Å². The van der Waals surface area contributed by atoms with E-state index in [1.807, 2.05) is 6.92 Å². The van der Waals surface area contributed by atoms with Crippen LogP contribution in [-0.2, 0) is 4.74 Å². The van der Waals surface area contributed by atoms with Crippen LogP contribution in [0.15, 0.2) is 18.2 Å². The van der Waals surface area contributed by atoms with Gasteiger partial charge in [-0.25, -0.2) is 4.39 Å². The Bertz CT molecular complexity index is 402. The third kappa shape index (κ3) is 2.89. The van der Waals surface area contributed by atoms with Gasteiger partial charge in [0, 0.05) is 25.3 Å². The predicted octanol–water partition coefficient (Wildman–Crippen LogP) is 2.03. The number of benzene rings is 1. The first kappa shape index (κ1) is 12.6.